The van der Waals surface area contributed by atoms with E-state index < -0.39 is 0 Å². The summed E-state index contributed by atoms with van der Waals surface area (Å²) in [5.74, 6) is 1.96. The van der Waals surface area contributed by atoms with E-state index >= 15 is 0 Å². The maximum Gasteiger partial charge on any atom is 0.155 e. The fourth-order valence-corrected chi connectivity index (χ4v) is 3.47. The average molecular weight is 338 g/mol. The number of aromatic nitrogens is 5. The number of nitrogens with zero attached hydrogens (tertiary/aromatic N) is 5. The number of nitrogens with one attached hydrogen (secondary N) is 1. The van der Waals surface area contributed by atoms with E-state index in [0.29, 0.717) is 5.92 Å². The average Bonchev–Trinajstić information content (AvgIpc) is 3.32. The van der Waals surface area contributed by atoms with Gasteiger partial charge in [-0.2, -0.15) is 5.10 Å². The van der Waals surface area contributed by atoms with Crippen LogP contribution in [0.4, 0.5) is 5.82 Å². The molecule has 3 aromatic rings. The van der Waals surface area contributed by atoms with Crippen molar-refractivity contribution < 1.29 is 5.11 Å². The van der Waals surface area contributed by atoms with Crippen molar-refractivity contribution in [2.45, 2.75) is 38.5 Å². The Kier molecular flexibility index (Phi) is 4.23. The van der Waals surface area contributed by atoms with Crippen molar-refractivity contribution in [2.75, 3.05) is 5.32 Å². The van der Waals surface area contributed by atoms with E-state index in [0.717, 1.165) is 36.6 Å². The highest BCUT2D eigenvalue weighted by Gasteiger charge is 2.33. The molecule has 0 radical (unpaired) electrons. The molecule has 0 amide bonds. The van der Waals surface area contributed by atoms with E-state index in [4.69, 9.17) is 0 Å². The summed E-state index contributed by atoms with van der Waals surface area (Å²) in [4.78, 5) is 8.69. The lowest BCUT2D eigenvalue weighted by Gasteiger charge is -2.17. The Labute approximate surface area is 146 Å². The second kappa shape index (κ2) is 6.68. The van der Waals surface area contributed by atoms with Gasteiger partial charge in [0.25, 0.3) is 0 Å². The van der Waals surface area contributed by atoms with Gasteiger partial charge in [-0.25, -0.2) is 14.6 Å². The molecule has 1 saturated carbocycles. The van der Waals surface area contributed by atoms with Crippen molar-refractivity contribution in [3.05, 3.63) is 54.9 Å². The van der Waals surface area contributed by atoms with Gasteiger partial charge in [0.1, 0.15) is 5.82 Å². The SMILES string of the molecule is Cc1cnn(-c2cccc(N[C@@H]3CC(Cn4ccnc4)C[C@H]3O)n2)c1. The van der Waals surface area contributed by atoms with Crippen LogP contribution >= 0.6 is 0 Å². The third-order valence-electron chi connectivity index (χ3n) is 4.67. The van der Waals surface area contributed by atoms with Gasteiger partial charge in [0.15, 0.2) is 5.82 Å². The van der Waals surface area contributed by atoms with E-state index in [9.17, 15) is 5.11 Å². The lowest BCUT2D eigenvalue weighted by Crippen LogP contribution is -2.28. The van der Waals surface area contributed by atoms with Crippen molar-refractivity contribution in [3.63, 3.8) is 0 Å². The monoisotopic (exact) mass is 338 g/mol. The van der Waals surface area contributed by atoms with E-state index in [1.165, 1.54) is 0 Å². The number of aliphatic hydroxyl groups excluding tert-OH is 1. The van der Waals surface area contributed by atoms with E-state index in [-0.39, 0.29) is 12.1 Å². The van der Waals surface area contributed by atoms with Crippen LogP contribution in [0.3, 0.4) is 0 Å². The molecule has 3 aromatic heterocycles. The highest BCUT2D eigenvalue weighted by molar-refractivity contribution is 5.41. The Bertz CT molecular complexity index is 828. The minimum Gasteiger partial charge on any atom is -0.391 e. The second-order valence-corrected chi connectivity index (χ2v) is 6.76. The molecule has 7 heteroatoms. The Morgan fingerprint density at radius 1 is 1.32 bits per heavy atom. The summed E-state index contributed by atoms with van der Waals surface area (Å²) in [6, 6.07) is 5.81. The number of rotatable bonds is 5. The molecule has 3 atom stereocenters. The Morgan fingerprint density at radius 3 is 3.00 bits per heavy atom. The highest BCUT2D eigenvalue weighted by atomic mass is 16.3. The van der Waals surface area contributed by atoms with Gasteiger partial charge >= 0.3 is 0 Å². The molecule has 25 heavy (non-hydrogen) atoms. The third-order valence-corrected chi connectivity index (χ3v) is 4.67. The van der Waals surface area contributed by atoms with E-state index in [1.54, 1.807) is 10.9 Å². The number of aryl methyl sites for hydroxylation is 1. The lowest BCUT2D eigenvalue weighted by molar-refractivity contribution is 0.166. The second-order valence-electron chi connectivity index (χ2n) is 6.76. The predicted molar refractivity (Wildman–Crippen MR) is 94.5 cm³/mol. The number of anilines is 1. The molecule has 4 rings (SSSR count). The molecular weight excluding hydrogens is 316 g/mol. The fraction of sp³-hybridized carbons (Fsp3) is 0.389. The number of pyridine rings is 1. The van der Waals surface area contributed by atoms with Gasteiger partial charge in [-0.1, -0.05) is 6.07 Å². The summed E-state index contributed by atoms with van der Waals surface area (Å²) >= 11 is 0. The van der Waals surface area contributed by atoms with Crippen molar-refractivity contribution in [1.82, 2.24) is 24.3 Å². The number of imidazole rings is 1. The quantitative estimate of drug-likeness (QED) is 0.744. The first-order chi connectivity index (χ1) is 12.2. The maximum absolute atomic E-state index is 10.4. The van der Waals surface area contributed by atoms with Gasteiger partial charge in [0, 0.05) is 25.1 Å². The van der Waals surface area contributed by atoms with Crippen LogP contribution in [0.5, 0.6) is 0 Å². The first-order valence-electron chi connectivity index (χ1n) is 8.56. The topological polar surface area (TPSA) is 80.8 Å². The molecule has 1 unspecified atom stereocenters. The molecule has 0 aromatic carbocycles. The van der Waals surface area contributed by atoms with Crippen LogP contribution in [0.15, 0.2) is 49.3 Å². The van der Waals surface area contributed by atoms with Crippen LogP contribution < -0.4 is 5.32 Å². The summed E-state index contributed by atoms with van der Waals surface area (Å²) in [5.41, 5.74) is 1.09. The Morgan fingerprint density at radius 2 is 2.24 bits per heavy atom. The number of hydrogen-bond donors (Lipinski definition) is 2. The largest absolute Gasteiger partial charge is 0.391 e. The molecule has 1 aliphatic carbocycles. The summed E-state index contributed by atoms with van der Waals surface area (Å²) in [5, 5.41) is 18.1. The molecule has 3 heterocycles. The fourth-order valence-electron chi connectivity index (χ4n) is 3.47. The van der Waals surface area contributed by atoms with Gasteiger partial charge < -0.3 is 15.0 Å². The van der Waals surface area contributed by atoms with Crippen molar-refractivity contribution in [3.8, 4) is 5.82 Å². The van der Waals surface area contributed by atoms with Crippen molar-refractivity contribution in [2.24, 2.45) is 5.92 Å². The van der Waals surface area contributed by atoms with Gasteiger partial charge in [-0.05, 0) is 43.4 Å². The van der Waals surface area contributed by atoms with Gasteiger partial charge in [-0.3, -0.25) is 0 Å². The minimum atomic E-state index is -0.370. The standard InChI is InChI=1S/C18H22N6O/c1-13-9-20-24(10-13)18-4-2-3-17(22-18)21-15-7-14(8-16(15)25)11-23-6-5-19-12-23/h2-6,9-10,12,14-16,25H,7-8,11H2,1H3,(H,21,22)/t14?,15-,16-/m1/s1. The van der Waals surface area contributed by atoms with Crippen LogP contribution in [0.2, 0.25) is 0 Å². The molecule has 0 spiro atoms. The molecule has 2 N–H and O–H groups in total. The molecule has 0 saturated heterocycles. The van der Waals surface area contributed by atoms with E-state index in [1.807, 2.05) is 50.0 Å². The molecule has 7 nitrogen and oxygen atoms in total. The Balaban J connectivity index is 1.43. The van der Waals surface area contributed by atoms with Gasteiger partial charge in [-0.15, -0.1) is 0 Å². The summed E-state index contributed by atoms with van der Waals surface area (Å²) in [6.07, 6.45) is 10.6. The van der Waals surface area contributed by atoms with Crippen LogP contribution in [-0.4, -0.2) is 41.6 Å². The zero-order valence-corrected chi connectivity index (χ0v) is 14.2. The minimum absolute atomic E-state index is 0.00984. The van der Waals surface area contributed by atoms with Gasteiger partial charge in [0.2, 0.25) is 0 Å². The smallest absolute Gasteiger partial charge is 0.155 e. The normalized spacial score (nSPS) is 23.0. The molecule has 0 bridgehead atoms. The predicted octanol–water partition coefficient (Wildman–Crippen LogP) is 2.02. The number of hydrogen-bond acceptors (Lipinski definition) is 5. The Hall–Kier alpha value is -2.67. The molecular formula is C18H22N6O. The van der Waals surface area contributed by atoms with E-state index in [2.05, 4.69) is 25.0 Å². The zero-order chi connectivity index (χ0) is 17.2. The van der Waals surface area contributed by atoms with Crippen LogP contribution in [0.1, 0.15) is 18.4 Å². The van der Waals surface area contributed by atoms with Gasteiger partial charge in [0.05, 0.1) is 24.7 Å². The zero-order valence-electron chi connectivity index (χ0n) is 14.2. The molecule has 1 fully saturated rings. The first-order valence-corrected chi connectivity index (χ1v) is 8.56. The van der Waals surface area contributed by atoms with Crippen molar-refractivity contribution >= 4 is 5.82 Å². The summed E-state index contributed by atoms with van der Waals surface area (Å²) in [6.45, 7) is 2.89. The molecule has 1 aliphatic rings. The lowest BCUT2D eigenvalue weighted by atomic mass is 10.1. The molecule has 0 aliphatic heterocycles. The van der Waals surface area contributed by atoms with Crippen LogP contribution in [-0.2, 0) is 6.54 Å². The highest BCUT2D eigenvalue weighted by Crippen LogP contribution is 2.29. The van der Waals surface area contributed by atoms with Crippen LogP contribution in [0.25, 0.3) is 5.82 Å². The third kappa shape index (κ3) is 3.56. The molecule has 130 valence electrons. The number of aliphatic hydroxyl groups is 1. The first kappa shape index (κ1) is 15.8. The summed E-state index contributed by atoms with van der Waals surface area (Å²) < 4.78 is 3.83. The van der Waals surface area contributed by atoms with Crippen LogP contribution in [0, 0.1) is 12.8 Å². The van der Waals surface area contributed by atoms with Crippen molar-refractivity contribution in [1.29, 1.82) is 0 Å². The maximum atomic E-state index is 10.4. The summed E-state index contributed by atoms with van der Waals surface area (Å²) in [7, 11) is 0.